The molecule has 0 aliphatic carbocycles. The zero-order valence-corrected chi connectivity index (χ0v) is 15.4. The topological polar surface area (TPSA) is 29.1 Å². The van der Waals surface area contributed by atoms with E-state index in [0.717, 1.165) is 11.3 Å². The van der Waals surface area contributed by atoms with Gasteiger partial charge in [-0.05, 0) is 34.0 Å². The van der Waals surface area contributed by atoms with Crippen molar-refractivity contribution in [2.24, 2.45) is 0 Å². The molecule has 1 amide bonds. The summed E-state index contributed by atoms with van der Waals surface area (Å²) in [7, 11) is 0. The summed E-state index contributed by atoms with van der Waals surface area (Å²) < 4.78 is 0.498. The van der Waals surface area contributed by atoms with Crippen molar-refractivity contribution in [2.45, 2.75) is 11.0 Å². The van der Waals surface area contributed by atoms with Crippen molar-refractivity contribution < 1.29 is 4.79 Å². The summed E-state index contributed by atoms with van der Waals surface area (Å²) in [6, 6.07) is 22.7. The first kappa shape index (κ1) is 16.6. The number of thioether (sulfide) groups is 2. The Balaban J connectivity index is 1.45. The van der Waals surface area contributed by atoms with Crippen LogP contribution < -0.4 is 5.32 Å². The first-order valence-corrected chi connectivity index (χ1v) is 10.5. The lowest BCUT2D eigenvalue weighted by molar-refractivity contribution is -0.115. The molecule has 0 spiro atoms. The van der Waals surface area contributed by atoms with E-state index in [9.17, 15) is 4.79 Å². The number of benzene rings is 3. The smallest absolute Gasteiger partial charge is 0.228 e. The molecule has 126 valence electrons. The average molecular weight is 366 g/mol. The van der Waals surface area contributed by atoms with E-state index in [1.165, 1.54) is 27.8 Å². The Morgan fingerprint density at radius 1 is 0.920 bits per heavy atom. The summed E-state index contributed by atoms with van der Waals surface area (Å²) in [5, 5.41) is 5.42. The number of anilines is 1. The van der Waals surface area contributed by atoms with Gasteiger partial charge in [-0.2, -0.15) is 0 Å². The van der Waals surface area contributed by atoms with Crippen LogP contribution in [0.2, 0.25) is 0 Å². The molecule has 1 aliphatic rings. The second-order valence-corrected chi connectivity index (χ2v) is 8.83. The lowest BCUT2D eigenvalue weighted by Crippen LogP contribution is -2.14. The van der Waals surface area contributed by atoms with Gasteiger partial charge in [0.15, 0.2) is 0 Å². The van der Waals surface area contributed by atoms with Crippen LogP contribution in [-0.4, -0.2) is 17.4 Å². The van der Waals surface area contributed by atoms with Crippen LogP contribution in [-0.2, 0) is 11.2 Å². The van der Waals surface area contributed by atoms with E-state index in [1.807, 2.05) is 53.9 Å². The predicted octanol–water partition coefficient (Wildman–Crippen LogP) is 5.50. The van der Waals surface area contributed by atoms with E-state index in [-0.39, 0.29) is 5.91 Å². The third-order valence-corrected chi connectivity index (χ3v) is 7.35. The van der Waals surface area contributed by atoms with Crippen molar-refractivity contribution in [2.75, 3.05) is 16.8 Å². The third-order valence-electron chi connectivity index (χ3n) is 4.24. The van der Waals surface area contributed by atoms with Crippen LogP contribution >= 0.6 is 23.5 Å². The van der Waals surface area contributed by atoms with Gasteiger partial charge in [0.1, 0.15) is 0 Å². The van der Waals surface area contributed by atoms with Gasteiger partial charge >= 0.3 is 0 Å². The number of carbonyl (C=O) groups excluding carboxylic acids is 1. The molecule has 25 heavy (non-hydrogen) atoms. The third kappa shape index (κ3) is 4.02. The normalized spacial score (nSPS) is 14.7. The summed E-state index contributed by atoms with van der Waals surface area (Å²) in [5.41, 5.74) is 3.21. The van der Waals surface area contributed by atoms with E-state index in [2.05, 4.69) is 41.7 Å². The SMILES string of the molecule is O=C(Cc1ccc2ccccc2c1)Nc1cccc(C2SCCS2)c1. The van der Waals surface area contributed by atoms with Gasteiger partial charge in [-0.3, -0.25) is 4.79 Å². The maximum atomic E-state index is 12.4. The Morgan fingerprint density at radius 2 is 1.72 bits per heavy atom. The summed E-state index contributed by atoms with van der Waals surface area (Å²) in [4.78, 5) is 12.4. The maximum Gasteiger partial charge on any atom is 0.228 e. The molecule has 0 saturated carbocycles. The molecule has 1 aliphatic heterocycles. The Kier molecular flexibility index (Phi) is 4.99. The number of hydrogen-bond acceptors (Lipinski definition) is 3. The average Bonchev–Trinajstić information content (AvgIpc) is 3.16. The van der Waals surface area contributed by atoms with Gasteiger partial charge < -0.3 is 5.32 Å². The van der Waals surface area contributed by atoms with Gasteiger partial charge in [0.2, 0.25) is 5.91 Å². The molecule has 4 heteroatoms. The Labute approximate surface area is 156 Å². The van der Waals surface area contributed by atoms with Gasteiger partial charge in [0.25, 0.3) is 0 Å². The van der Waals surface area contributed by atoms with Crippen molar-refractivity contribution in [1.29, 1.82) is 0 Å². The molecule has 0 atom stereocenters. The van der Waals surface area contributed by atoms with Crippen molar-refractivity contribution in [1.82, 2.24) is 0 Å². The molecule has 1 fully saturated rings. The fourth-order valence-corrected chi connectivity index (χ4v) is 5.89. The van der Waals surface area contributed by atoms with Crippen LogP contribution in [0.5, 0.6) is 0 Å². The van der Waals surface area contributed by atoms with Crippen LogP contribution in [0.25, 0.3) is 10.8 Å². The van der Waals surface area contributed by atoms with Crippen molar-refractivity contribution in [3.63, 3.8) is 0 Å². The molecule has 3 aromatic rings. The minimum atomic E-state index is 0.0270. The summed E-state index contributed by atoms with van der Waals surface area (Å²) in [6.07, 6.45) is 0.391. The van der Waals surface area contributed by atoms with Gasteiger partial charge in [-0.1, -0.05) is 54.6 Å². The van der Waals surface area contributed by atoms with Crippen molar-refractivity contribution >= 4 is 45.9 Å². The summed E-state index contributed by atoms with van der Waals surface area (Å²) in [5.74, 6) is 2.43. The van der Waals surface area contributed by atoms with Crippen LogP contribution in [0, 0.1) is 0 Å². The highest BCUT2D eigenvalue weighted by molar-refractivity contribution is 8.19. The highest BCUT2D eigenvalue weighted by Gasteiger charge is 2.18. The van der Waals surface area contributed by atoms with Gasteiger partial charge in [0, 0.05) is 17.2 Å². The number of hydrogen-bond donors (Lipinski definition) is 1. The largest absolute Gasteiger partial charge is 0.326 e. The number of rotatable bonds is 4. The maximum absolute atomic E-state index is 12.4. The van der Waals surface area contributed by atoms with Crippen LogP contribution in [0.3, 0.4) is 0 Å². The molecular weight excluding hydrogens is 346 g/mol. The summed E-state index contributed by atoms with van der Waals surface area (Å²) >= 11 is 3.95. The molecule has 1 heterocycles. The molecule has 2 nitrogen and oxygen atoms in total. The Bertz CT molecular complexity index is 903. The zero-order valence-electron chi connectivity index (χ0n) is 13.8. The molecular formula is C21H19NOS2. The van der Waals surface area contributed by atoms with Crippen LogP contribution in [0.1, 0.15) is 15.7 Å². The molecule has 1 N–H and O–H groups in total. The summed E-state index contributed by atoms with van der Waals surface area (Å²) in [6.45, 7) is 0. The molecule has 0 radical (unpaired) electrons. The number of carbonyl (C=O) groups is 1. The second-order valence-electron chi connectivity index (χ2n) is 6.11. The lowest BCUT2D eigenvalue weighted by atomic mass is 10.0. The second kappa shape index (κ2) is 7.54. The van der Waals surface area contributed by atoms with E-state index in [1.54, 1.807) is 0 Å². The van der Waals surface area contributed by atoms with Crippen LogP contribution in [0.15, 0.2) is 66.7 Å². The quantitative estimate of drug-likeness (QED) is 0.662. The van der Waals surface area contributed by atoms with E-state index in [4.69, 9.17) is 0 Å². The van der Waals surface area contributed by atoms with Crippen molar-refractivity contribution in [3.8, 4) is 0 Å². The van der Waals surface area contributed by atoms with E-state index in [0.29, 0.717) is 11.0 Å². The Hall–Kier alpha value is -1.91. The number of nitrogens with one attached hydrogen (secondary N) is 1. The number of fused-ring (bicyclic) bond motifs is 1. The Morgan fingerprint density at radius 3 is 2.56 bits per heavy atom. The fraction of sp³-hybridized carbons (Fsp3) is 0.190. The lowest BCUT2D eigenvalue weighted by Gasteiger charge is -2.11. The highest BCUT2D eigenvalue weighted by atomic mass is 32.2. The van der Waals surface area contributed by atoms with E-state index < -0.39 is 0 Å². The minimum absolute atomic E-state index is 0.0270. The first-order chi connectivity index (χ1) is 12.3. The molecule has 0 aromatic heterocycles. The molecule has 3 aromatic carbocycles. The van der Waals surface area contributed by atoms with Crippen molar-refractivity contribution in [3.05, 3.63) is 77.9 Å². The fourth-order valence-electron chi connectivity index (χ4n) is 3.05. The zero-order chi connectivity index (χ0) is 17.1. The van der Waals surface area contributed by atoms with E-state index >= 15 is 0 Å². The van der Waals surface area contributed by atoms with Gasteiger partial charge in [-0.15, -0.1) is 23.5 Å². The molecule has 0 bridgehead atoms. The molecule has 1 saturated heterocycles. The standard InChI is InChI=1S/C21H19NOS2/c23-20(13-15-8-9-16-4-1-2-5-17(16)12-15)22-19-7-3-6-18(14-19)21-24-10-11-25-21/h1-9,12,14,21H,10-11,13H2,(H,22,23). The molecule has 4 rings (SSSR count). The minimum Gasteiger partial charge on any atom is -0.326 e. The van der Waals surface area contributed by atoms with Gasteiger partial charge in [-0.25, -0.2) is 0 Å². The number of amides is 1. The van der Waals surface area contributed by atoms with Crippen LogP contribution in [0.4, 0.5) is 5.69 Å². The molecule has 0 unspecified atom stereocenters. The monoisotopic (exact) mass is 365 g/mol. The highest BCUT2D eigenvalue weighted by Crippen LogP contribution is 2.45. The van der Waals surface area contributed by atoms with Gasteiger partial charge in [0.05, 0.1) is 11.0 Å². The predicted molar refractivity (Wildman–Crippen MR) is 110 cm³/mol. The first-order valence-electron chi connectivity index (χ1n) is 8.39.